The predicted octanol–water partition coefficient (Wildman–Crippen LogP) is 7.73. The van der Waals surface area contributed by atoms with Crippen LogP contribution in [-0.2, 0) is 6.61 Å². The molecule has 0 aliphatic carbocycles. The smallest absolute Gasteiger partial charge is 0.387 e. The van der Waals surface area contributed by atoms with Gasteiger partial charge in [-0.05, 0) is 60.2 Å². The fourth-order valence-electron chi connectivity index (χ4n) is 2.90. The quantitative estimate of drug-likeness (QED) is 0.217. The maximum absolute atomic E-state index is 12.4. The maximum atomic E-state index is 12.4. The van der Waals surface area contributed by atoms with E-state index in [1.54, 1.807) is 24.3 Å². The number of ether oxygens (including phenoxy) is 3. The minimum atomic E-state index is -2.92. The first-order chi connectivity index (χ1) is 15.8. The zero-order valence-electron chi connectivity index (χ0n) is 17.2. The largest absolute Gasteiger partial charge is 0.496 e. The zero-order chi connectivity index (χ0) is 24.0. The van der Waals surface area contributed by atoms with Gasteiger partial charge >= 0.3 is 6.61 Å². The Balaban J connectivity index is 1.73. The fraction of sp³-hybridized carbons (Fsp3) is 0.125. The summed E-state index contributed by atoms with van der Waals surface area (Å²) in [6.45, 7) is -2.82. The van der Waals surface area contributed by atoms with Crippen LogP contribution >= 0.6 is 34.8 Å². The first-order valence-electron chi connectivity index (χ1n) is 9.48. The molecule has 0 N–H and O–H groups in total. The minimum absolute atomic E-state index is 0.0220. The molecule has 0 unspecified atom stereocenters. The molecule has 0 bridgehead atoms. The summed E-state index contributed by atoms with van der Waals surface area (Å²) in [5.41, 5.74) is 1.74. The number of halogens is 5. The molecule has 172 valence electrons. The van der Waals surface area contributed by atoms with Crippen molar-refractivity contribution in [3.8, 4) is 17.2 Å². The highest BCUT2D eigenvalue weighted by Gasteiger charge is 2.12. The Hall–Kier alpha value is -2.80. The van der Waals surface area contributed by atoms with Gasteiger partial charge in [-0.15, -0.1) is 0 Å². The van der Waals surface area contributed by atoms with Crippen LogP contribution in [-0.4, -0.2) is 19.5 Å². The SMILES string of the molecule is COc1ccc(/C=C/C(=O)c2ccc(OC(F)F)cc2)cc1COc1c(Cl)cc(Cl)cc1Cl. The number of ketones is 1. The van der Waals surface area contributed by atoms with Crippen molar-refractivity contribution in [3.05, 3.63) is 92.4 Å². The molecule has 0 aliphatic rings. The normalized spacial score (nSPS) is 11.1. The molecule has 0 saturated carbocycles. The van der Waals surface area contributed by atoms with Crippen LogP contribution in [0, 0.1) is 0 Å². The van der Waals surface area contributed by atoms with Gasteiger partial charge in [-0.1, -0.05) is 46.9 Å². The van der Waals surface area contributed by atoms with E-state index in [0.29, 0.717) is 33.2 Å². The van der Waals surface area contributed by atoms with Crippen molar-refractivity contribution in [2.75, 3.05) is 7.11 Å². The zero-order valence-corrected chi connectivity index (χ0v) is 19.4. The molecule has 3 aromatic carbocycles. The molecule has 0 amide bonds. The van der Waals surface area contributed by atoms with E-state index in [-0.39, 0.29) is 28.2 Å². The molecule has 0 spiro atoms. The van der Waals surface area contributed by atoms with Crippen LogP contribution < -0.4 is 14.2 Å². The van der Waals surface area contributed by atoms with Crippen LogP contribution in [0.5, 0.6) is 17.2 Å². The van der Waals surface area contributed by atoms with Gasteiger partial charge in [0.25, 0.3) is 0 Å². The number of benzene rings is 3. The van der Waals surface area contributed by atoms with E-state index in [1.165, 1.54) is 49.6 Å². The summed E-state index contributed by atoms with van der Waals surface area (Å²) in [5.74, 6) is 0.549. The van der Waals surface area contributed by atoms with Gasteiger partial charge in [-0.2, -0.15) is 8.78 Å². The van der Waals surface area contributed by atoms with Crippen molar-refractivity contribution in [2.45, 2.75) is 13.2 Å². The van der Waals surface area contributed by atoms with E-state index in [0.717, 1.165) is 0 Å². The Labute approximate surface area is 204 Å². The Kier molecular flexibility index (Phi) is 8.55. The Morgan fingerprint density at radius 3 is 2.27 bits per heavy atom. The van der Waals surface area contributed by atoms with Gasteiger partial charge in [0.15, 0.2) is 11.5 Å². The van der Waals surface area contributed by atoms with Crippen LogP contribution in [0.2, 0.25) is 15.1 Å². The number of hydrogen-bond acceptors (Lipinski definition) is 4. The van der Waals surface area contributed by atoms with Gasteiger partial charge in [0.1, 0.15) is 18.1 Å². The van der Waals surface area contributed by atoms with E-state index in [1.807, 2.05) is 0 Å². The lowest BCUT2D eigenvalue weighted by molar-refractivity contribution is -0.0498. The third-order valence-electron chi connectivity index (χ3n) is 4.43. The van der Waals surface area contributed by atoms with Crippen molar-refractivity contribution >= 4 is 46.7 Å². The molecule has 3 rings (SSSR count). The van der Waals surface area contributed by atoms with E-state index >= 15 is 0 Å². The summed E-state index contributed by atoms with van der Waals surface area (Å²) in [5, 5.41) is 0.944. The summed E-state index contributed by atoms with van der Waals surface area (Å²) >= 11 is 18.3. The third kappa shape index (κ3) is 6.84. The second kappa shape index (κ2) is 11.4. The van der Waals surface area contributed by atoms with Crippen molar-refractivity contribution in [1.82, 2.24) is 0 Å². The first-order valence-corrected chi connectivity index (χ1v) is 10.6. The third-order valence-corrected chi connectivity index (χ3v) is 5.21. The summed E-state index contributed by atoms with van der Waals surface area (Å²) < 4.78 is 39.9. The molecule has 0 fully saturated rings. The van der Waals surface area contributed by atoms with Gasteiger partial charge in [-0.3, -0.25) is 4.79 Å². The lowest BCUT2D eigenvalue weighted by Crippen LogP contribution is -2.02. The number of carbonyl (C=O) groups excluding carboxylic acids is 1. The fourth-order valence-corrected chi connectivity index (χ4v) is 3.83. The van der Waals surface area contributed by atoms with Gasteiger partial charge in [0, 0.05) is 16.1 Å². The molecule has 4 nitrogen and oxygen atoms in total. The standard InChI is InChI=1S/C24H17Cl3F2O4/c1-31-22-9-3-14(2-8-21(30)15-4-6-18(7-5-15)33-24(28)29)10-16(22)13-32-23-19(26)11-17(25)12-20(23)27/h2-12,24H,13H2,1H3/b8-2+. The topological polar surface area (TPSA) is 44.8 Å². The number of rotatable bonds is 9. The van der Waals surface area contributed by atoms with Gasteiger partial charge in [0.2, 0.25) is 0 Å². The van der Waals surface area contributed by atoms with Crippen molar-refractivity contribution in [1.29, 1.82) is 0 Å². The molecule has 0 heterocycles. The van der Waals surface area contributed by atoms with E-state index in [4.69, 9.17) is 44.3 Å². The molecular formula is C24H17Cl3F2O4. The Morgan fingerprint density at radius 2 is 1.67 bits per heavy atom. The number of allylic oxidation sites excluding steroid dienone is 1. The average Bonchev–Trinajstić information content (AvgIpc) is 2.77. The molecular weight excluding hydrogens is 497 g/mol. The van der Waals surface area contributed by atoms with Crippen molar-refractivity contribution in [2.24, 2.45) is 0 Å². The van der Waals surface area contributed by atoms with Crippen molar-refractivity contribution < 1.29 is 27.8 Å². The second-order valence-corrected chi connectivity index (χ2v) is 7.91. The van der Waals surface area contributed by atoms with E-state index < -0.39 is 6.61 Å². The summed E-state index contributed by atoms with van der Waals surface area (Å²) in [6.07, 6.45) is 3.00. The van der Waals surface area contributed by atoms with E-state index in [9.17, 15) is 13.6 Å². The highest BCUT2D eigenvalue weighted by molar-refractivity contribution is 6.40. The molecule has 0 aromatic heterocycles. The highest BCUT2D eigenvalue weighted by atomic mass is 35.5. The highest BCUT2D eigenvalue weighted by Crippen LogP contribution is 2.36. The first kappa shape index (κ1) is 24.8. The number of methoxy groups -OCH3 is 1. The van der Waals surface area contributed by atoms with Gasteiger partial charge < -0.3 is 14.2 Å². The molecule has 33 heavy (non-hydrogen) atoms. The molecule has 9 heteroatoms. The number of carbonyl (C=O) groups is 1. The monoisotopic (exact) mass is 512 g/mol. The lowest BCUT2D eigenvalue weighted by Gasteiger charge is -2.13. The summed E-state index contributed by atoms with van der Waals surface area (Å²) in [4.78, 5) is 12.4. The van der Waals surface area contributed by atoms with Gasteiger partial charge in [-0.25, -0.2) is 0 Å². The van der Waals surface area contributed by atoms with Crippen LogP contribution in [0.1, 0.15) is 21.5 Å². The molecule has 3 aromatic rings. The minimum Gasteiger partial charge on any atom is -0.496 e. The van der Waals surface area contributed by atoms with Crippen LogP contribution in [0.4, 0.5) is 8.78 Å². The maximum Gasteiger partial charge on any atom is 0.387 e. The number of alkyl halides is 2. The summed E-state index contributed by atoms with van der Waals surface area (Å²) in [7, 11) is 1.53. The predicted molar refractivity (Wildman–Crippen MR) is 125 cm³/mol. The van der Waals surface area contributed by atoms with Crippen LogP contribution in [0.15, 0.2) is 60.7 Å². The van der Waals surface area contributed by atoms with E-state index in [2.05, 4.69) is 4.74 Å². The molecule has 0 radical (unpaired) electrons. The summed E-state index contributed by atoms with van der Waals surface area (Å²) in [6, 6.07) is 13.8. The lowest BCUT2D eigenvalue weighted by atomic mass is 10.1. The molecule has 0 atom stereocenters. The van der Waals surface area contributed by atoms with Crippen LogP contribution in [0.3, 0.4) is 0 Å². The number of hydrogen-bond donors (Lipinski definition) is 0. The average molecular weight is 514 g/mol. The van der Waals surface area contributed by atoms with Crippen molar-refractivity contribution in [3.63, 3.8) is 0 Å². The Morgan fingerprint density at radius 1 is 1.00 bits per heavy atom. The molecule has 0 aliphatic heterocycles. The Bertz CT molecular complexity index is 1140. The second-order valence-electron chi connectivity index (χ2n) is 6.66. The van der Waals surface area contributed by atoms with Gasteiger partial charge in [0.05, 0.1) is 17.2 Å². The van der Waals surface area contributed by atoms with Crippen LogP contribution in [0.25, 0.3) is 6.08 Å². The molecule has 0 saturated heterocycles.